The Labute approximate surface area is 115 Å². The average molecular weight is 299 g/mol. The first-order valence-electron chi connectivity index (χ1n) is 5.28. The van der Waals surface area contributed by atoms with Crippen LogP contribution in [0.5, 0.6) is 0 Å². The summed E-state index contributed by atoms with van der Waals surface area (Å²) in [6.45, 7) is 0. The molecule has 0 unspecified atom stereocenters. The molecule has 100 valence electrons. The van der Waals surface area contributed by atoms with Crippen molar-refractivity contribution >= 4 is 33.3 Å². The maximum Gasteiger partial charge on any atom is 0.239 e. The number of hydrogen-bond donors (Lipinski definition) is 2. The van der Waals surface area contributed by atoms with Gasteiger partial charge < -0.3 is 5.73 Å². The van der Waals surface area contributed by atoms with Crippen LogP contribution in [0.1, 0.15) is 5.56 Å². The highest BCUT2D eigenvalue weighted by Crippen LogP contribution is 2.12. The van der Waals surface area contributed by atoms with E-state index in [9.17, 15) is 8.42 Å². The topological polar surface area (TPSA) is 98.0 Å². The van der Waals surface area contributed by atoms with Gasteiger partial charge in [-0.15, -0.1) is 0 Å². The summed E-state index contributed by atoms with van der Waals surface area (Å²) >= 11 is 5.65. The second kappa shape index (κ2) is 5.41. The Balaban J connectivity index is 2.13. The summed E-state index contributed by atoms with van der Waals surface area (Å²) in [6, 6.07) is 8.03. The molecule has 0 aliphatic carbocycles. The summed E-state index contributed by atoms with van der Waals surface area (Å²) in [4.78, 5) is 7.53. The van der Waals surface area contributed by atoms with Gasteiger partial charge in [0.25, 0.3) is 0 Å². The molecule has 3 N–H and O–H groups in total. The molecule has 2 aromatic rings. The van der Waals surface area contributed by atoms with Crippen molar-refractivity contribution in [2.45, 2.75) is 5.75 Å². The molecule has 1 heterocycles. The van der Waals surface area contributed by atoms with E-state index in [1.165, 1.54) is 12.3 Å². The summed E-state index contributed by atoms with van der Waals surface area (Å²) in [5, 5.41) is 0.167. The van der Waals surface area contributed by atoms with Crippen LogP contribution in [0.25, 0.3) is 0 Å². The van der Waals surface area contributed by atoms with Crippen LogP contribution in [0.3, 0.4) is 0 Å². The molecular weight excluding hydrogens is 288 g/mol. The van der Waals surface area contributed by atoms with E-state index in [4.69, 9.17) is 17.3 Å². The average Bonchev–Trinajstić information content (AvgIpc) is 2.31. The highest BCUT2D eigenvalue weighted by molar-refractivity contribution is 7.91. The van der Waals surface area contributed by atoms with Crippen molar-refractivity contribution in [1.82, 2.24) is 9.97 Å². The molecular formula is C11H11ClN4O2S. The molecule has 0 saturated carbocycles. The van der Waals surface area contributed by atoms with Gasteiger partial charge in [0, 0.05) is 11.9 Å². The largest absolute Gasteiger partial charge is 0.399 e. The van der Waals surface area contributed by atoms with Gasteiger partial charge in [0.2, 0.25) is 16.0 Å². The normalized spacial score (nSPS) is 11.2. The van der Waals surface area contributed by atoms with Crippen molar-refractivity contribution in [1.29, 1.82) is 0 Å². The van der Waals surface area contributed by atoms with Gasteiger partial charge >= 0.3 is 0 Å². The standard InChI is InChI=1S/C11H11ClN4O2S/c12-10-5-6-14-11(15-10)16-19(17,18)7-8-1-3-9(13)4-2-8/h1-6H,7,13H2,(H,14,15,16). The van der Waals surface area contributed by atoms with Gasteiger partial charge in [0.15, 0.2) is 0 Å². The third-order valence-corrected chi connectivity index (χ3v) is 3.62. The molecule has 19 heavy (non-hydrogen) atoms. The van der Waals surface area contributed by atoms with Gasteiger partial charge in [-0.05, 0) is 23.8 Å². The SMILES string of the molecule is Nc1ccc(CS(=O)(=O)Nc2nccc(Cl)n2)cc1. The maximum absolute atomic E-state index is 11.9. The lowest BCUT2D eigenvalue weighted by Crippen LogP contribution is -2.16. The van der Waals surface area contributed by atoms with Crippen LogP contribution in [-0.4, -0.2) is 18.4 Å². The number of aromatic nitrogens is 2. The molecule has 6 nitrogen and oxygen atoms in total. The zero-order chi connectivity index (χ0) is 13.9. The molecule has 0 atom stereocenters. The molecule has 2 rings (SSSR count). The van der Waals surface area contributed by atoms with E-state index in [-0.39, 0.29) is 16.9 Å². The van der Waals surface area contributed by atoms with Crippen molar-refractivity contribution in [2.24, 2.45) is 0 Å². The number of benzene rings is 1. The van der Waals surface area contributed by atoms with Gasteiger partial charge in [0.1, 0.15) is 5.15 Å². The number of sulfonamides is 1. The van der Waals surface area contributed by atoms with E-state index in [0.29, 0.717) is 11.3 Å². The van der Waals surface area contributed by atoms with Gasteiger partial charge in [-0.25, -0.2) is 18.4 Å². The summed E-state index contributed by atoms with van der Waals surface area (Å²) in [7, 11) is -3.59. The second-order valence-corrected chi connectivity index (χ2v) is 5.92. The van der Waals surface area contributed by atoms with E-state index in [2.05, 4.69) is 14.7 Å². The first-order valence-corrected chi connectivity index (χ1v) is 7.31. The molecule has 0 fully saturated rings. The van der Waals surface area contributed by atoms with Crippen molar-refractivity contribution in [3.63, 3.8) is 0 Å². The first kappa shape index (κ1) is 13.6. The number of halogens is 1. The molecule has 8 heteroatoms. The molecule has 0 amide bonds. The molecule has 0 saturated heterocycles. The molecule has 0 aliphatic rings. The molecule has 0 spiro atoms. The quantitative estimate of drug-likeness (QED) is 0.660. The van der Waals surface area contributed by atoms with Gasteiger partial charge in [-0.1, -0.05) is 23.7 Å². The maximum atomic E-state index is 11.9. The highest BCUT2D eigenvalue weighted by Gasteiger charge is 2.13. The predicted molar refractivity (Wildman–Crippen MR) is 74.1 cm³/mol. The highest BCUT2D eigenvalue weighted by atomic mass is 35.5. The summed E-state index contributed by atoms with van der Waals surface area (Å²) < 4.78 is 26.1. The number of hydrogen-bond acceptors (Lipinski definition) is 5. The molecule has 0 aliphatic heterocycles. The second-order valence-electron chi connectivity index (χ2n) is 3.81. The summed E-state index contributed by atoms with van der Waals surface area (Å²) in [6.07, 6.45) is 1.37. The van der Waals surface area contributed by atoms with Crippen LogP contribution in [-0.2, 0) is 15.8 Å². The Morgan fingerprint density at radius 3 is 2.53 bits per heavy atom. The molecule has 1 aromatic carbocycles. The van der Waals surface area contributed by atoms with Crippen molar-refractivity contribution in [3.8, 4) is 0 Å². The van der Waals surface area contributed by atoms with Crippen molar-refractivity contribution in [3.05, 3.63) is 47.2 Å². The molecule has 1 aromatic heterocycles. The first-order chi connectivity index (χ1) is 8.94. The Morgan fingerprint density at radius 2 is 1.89 bits per heavy atom. The third-order valence-electron chi connectivity index (χ3n) is 2.20. The fourth-order valence-electron chi connectivity index (χ4n) is 1.39. The lowest BCUT2D eigenvalue weighted by atomic mass is 10.2. The van der Waals surface area contributed by atoms with Crippen LogP contribution >= 0.6 is 11.6 Å². The van der Waals surface area contributed by atoms with Gasteiger partial charge in [-0.3, -0.25) is 4.72 Å². The minimum absolute atomic E-state index is 0.0528. The van der Waals surface area contributed by atoms with Crippen molar-refractivity contribution in [2.75, 3.05) is 10.5 Å². The van der Waals surface area contributed by atoms with Gasteiger partial charge in [0.05, 0.1) is 5.75 Å². The summed E-state index contributed by atoms with van der Waals surface area (Å²) in [5.74, 6) is -0.244. The fourth-order valence-corrected chi connectivity index (χ4v) is 2.61. The summed E-state index contributed by atoms with van der Waals surface area (Å²) in [5.41, 5.74) is 6.72. The van der Waals surface area contributed by atoms with Crippen LogP contribution < -0.4 is 10.5 Å². The lowest BCUT2D eigenvalue weighted by molar-refractivity contribution is 0.600. The lowest BCUT2D eigenvalue weighted by Gasteiger charge is -2.06. The van der Waals surface area contributed by atoms with E-state index in [0.717, 1.165) is 0 Å². The predicted octanol–water partition coefficient (Wildman–Crippen LogP) is 1.65. The molecule has 0 radical (unpaired) electrons. The number of rotatable bonds is 4. The van der Waals surface area contributed by atoms with E-state index < -0.39 is 10.0 Å². The number of nitrogens with one attached hydrogen (secondary N) is 1. The number of nitrogen functional groups attached to an aromatic ring is 1. The Morgan fingerprint density at radius 1 is 1.21 bits per heavy atom. The van der Waals surface area contributed by atoms with Crippen LogP contribution in [0, 0.1) is 0 Å². The van der Waals surface area contributed by atoms with E-state index >= 15 is 0 Å². The Hall–Kier alpha value is -1.86. The van der Waals surface area contributed by atoms with Crippen molar-refractivity contribution < 1.29 is 8.42 Å². The zero-order valence-corrected chi connectivity index (χ0v) is 11.3. The van der Waals surface area contributed by atoms with Crippen LogP contribution in [0.2, 0.25) is 5.15 Å². The third kappa shape index (κ3) is 4.08. The number of nitrogens with two attached hydrogens (primary N) is 1. The monoisotopic (exact) mass is 298 g/mol. The number of anilines is 2. The Kier molecular flexibility index (Phi) is 3.87. The smallest absolute Gasteiger partial charge is 0.239 e. The van der Waals surface area contributed by atoms with E-state index in [1.54, 1.807) is 24.3 Å². The Bertz CT molecular complexity index is 673. The minimum Gasteiger partial charge on any atom is -0.399 e. The van der Waals surface area contributed by atoms with Crippen LogP contribution in [0.15, 0.2) is 36.5 Å². The zero-order valence-electron chi connectivity index (χ0n) is 9.75. The van der Waals surface area contributed by atoms with E-state index in [1.807, 2.05) is 0 Å². The molecule has 0 bridgehead atoms. The fraction of sp³-hybridized carbons (Fsp3) is 0.0909. The van der Waals surface area contributed by atoms with Gasteiger partial charge in [-0.2, -0.15) is 0 Å². The number of nitrogens with zero attached hydrogens (tertiary/aromatic N) is 2. The minimum atomic E-state index is -3.59. The van der Waals surface area contributed by atoms with Crippen LogP contribution in [0.4, 0.5) is 11.6 Å².